The third-order valence-electron chi connectivity index (χ3n) is 5.33. The van der Waals surface area contributed by atoms with Crippen LogP contribution in [0.1, 0.15) is 47.5 Å². The van der Waals surface area contributed by atoms with Crippen molar-refractivity contribution in [1.29, 1.82) is 0 Å². The molecule has 4 nitrogen and oxygen atoms in total. The third-order valence-corrected chi connectivity index (χ3v) is 5.33. The summed E-state index contributed by atoms with van der Waals surface area (Å²) in [6.45, 7) is 11.3. The lowest BCUT2D eigenvalue weighted by Crippen LogP contribution is -2.76. The molecule has 4 heteroatoms. The van der Waals surface area contributed by atoms with Gasteiger partial charge in [-0.15, -0.1) is 0 Å². The smallest absolute Gasteiger partial charge is 0.226 e. The summed E-state index contributed by atoms with van der Waals surface area (Å²) in [6.07, 6.45) is 1.82. The highest BCUT2D eigenvalue weighted by Crippen LogP contribution is 2.52. The summed E-state index contributed by atoms with van der Waals surface area (Å²) >= 11 is 0. The lowest BCUT2D eigenvalue weighted by molar-refractivity contribution is -0.137. The molecule has 1 aliphatic carbocycles. The van der Waals surface area contributed by atoms with Crippen molar-refractivity contribution in [2.24, 2.45) is 22.5 Å². The molecule has 1 amide bonds. The van der Waals surface area contributed by atoms with Crippen LogP contribution >= 0.6 is 0 Å². The largest absolute Gasteiger partial charge is 0.377 e. The molecule has 0 aromatic rings. The average molecular weight is 268 g/mol. The number of nitrogens with one attached hydrogen (secondary N) is 1. The molecule has 2 fully saturated rings. The third kappa shape index (κ3) is 2.19. The highest BCUT2D eigenvalue weighted by atomic mass is 16.5. The van der Waals surface area contributed by atoms with Crippen molar-refractivity contribution in [2.45, 2.75) is 65.6 Å². The van der Waals surface area contributed by atoms with Gasteiger partial charge < -0.3 is 15.8 Å². The Morgan fingerprint density at radius 2 is 1.89 bits per heavy atom. The first-order chi connectivity index (χ1) is 8.72. The fraction of sp³-hybridized carbons (Fsp3) is 0.933. The lowest BCUT2D eigenvalue weighted by Gasteiger charge is -2.63. The summed E-state index contributed by atoms with van der Waals surface area (Å²) in [6, 6.07) is 0.257. The van der Waals surface area contributed by atoms with Gasteiger partial charge in [0.1, 0.15) is 0 Å². The summed E-state index contributed by atoms with van der Waals surface area (Å²) in [4.78, 5) is 12.5. The van der Waals surface area contributed by atoms with E-state index >= 15 is 0 Å². The first-order valence-corrected chi connectivity index (χ1v) is 7.40. The van der Waals surface area contributed by atoms with Crippen LogP contribution in [0.4, 0.5) is 0 Å². The van der Waals surface area contributed by atoms with Crippen LogP contribution < -0.4 is 11.1 Å². The van der Waals surface area contributed by atoms with Gasteiger partial charge in [-0.1, -0.05) is 34.6 Å². The van der Waals surface area contributed by atoms with Crippen LogP contribution in [0.15, 0.2) is 0 Å². The van der Waals surface area contributed by atoms with Crippen LogP contribution in [0.3, 0.4) is 0 Å². The summed E-state index contributed by atoms with van der Waals surface area (Å²) in [5.41, 5.74) is 6.15. The molecule has 2 atom stereocenters. The van der Waals surface area contributed by atoms with Gasteiger partial charge in [0.05, 0.1) is 12.0 Å². The van der Waals surface area contributed by atoms with Gasteiger partial charge in [-0.05, 0) is 12.8 Å². The van der Waals surface area contributed by atoms with E-state index < -0.39 is 0 Å². The second-order valence-corrected chi connectivity index (χ2v) is 7.27. The first kappa shape index (κ1) is 14.8. The van der Waals surface area contributed by atoms with Gasteiger partial charge in [0.25, 0.3) is 0 Å². The fourth-order valence-electron chi connectivity index (χ4n) is 4.15. The Balaban J connectivity index is 2.03. The molecule has 0 aromatic heterocycles. The second kappa shape index (κ2) is 4.74. The molecule has 2 unspecified atom stereocenters. The summed E-state index contributed by atoms with van der Waals surface area (Å²) in [5, 5.41) is 3.23. The Hall–Kier alpha value is -0.610. The lowest BCUT2D eigenvalue weighted by atomic mass is 9.48. The minimum atomic E-state index is -0.0413. The number of ether oxygens (including phenoxy) is 1. The standard InChI is InChI=1S/C15H28N2O2/c1-6-10-9(7-8-19-10)11(18)17-13-14(2,3)12(16)15(13,4)5/h9-10,12-13H,6-8,16H2,1-5H3,(H,17,18). The quantitative estimate of drug-likeness (QED) is 0.818. The summed E-state index contributed by atoms with van der Waals surface area (Å²) in [7, 11) is 0. The predicted octanol–water partition coefficient (Wildman–Crippen LogP) is 1.68. The Bertz CT molecular complexity index is 349. The first-order valence-electron chi connectivity index (χ1n) is 7.40. The number of nitrogens with two attached hydrogens (primary N) is 1. The Kier molecular flexibility index (Phi) is 3.69. The Morgan fingerprint density at radius 1 is 1.32 bits per heavy atom. The number of rotatable bonds is 3. The molecule has 0 radical (unpaired) electrons. The monoisotopic (exact) mass is 268 g/mol. The van der Waals surface area contributed by atoms with Gasteiger partial charge in [0, 0.05) is 29.5 Å². The van der Waals surface area contributed by atoms with E-state index in [9.17, 15) is 4.79 Å². The zero-order chi connectivity index (χ0) is 14.4. The highest BCUT2D eigenvalue weighted by Gasteiger charge is 2.60. The second-order valence-electron chi connectivity index (χ2n) is 7.27. The van der Waals surface area contributed by atoms with E-state index in [1.807, 2.05) is 0 Å². The van der Waals surface area contributed by atoms with Crippen molar-refractivity contribution in [1.82, 2.24) is 5.32 Å². The normalized spacial score (nSPS) is 39.7. The maximum atomic E-state index is 12.5. The summed E-state index contributed by atoms with van der Waals surface area (Å²) in [5.74, 6) is 0.149. The molecule has 1 aliphatic heterocycles. The number of carbonyl (C=O) groups is 1. The maximum Gasteiger partial charge on any atom is 0.226 e. The van der Waals surface area contributed by atoms with Gasteiger partial charge >= 0.3 is 0 Å². The molecular formula is C15H28N2O2. The molecule has 1 saturated heterocycles. The van der Waals surface area contributed by atoms with Crippen molar-refractivity contribution in [3.8, 4) is 0 Å². The van der Waals surface area contributed by atoms with Crippen LogP contribution in [0, 0.1) is 16.7 Å². The van der Waals surface area contributed by atoms with Crippen LogP contribution in [0.2, 0.25) is 0 Å². The van der Waals surface area contributed by atoms with Gasteiger partial charge in [-0.2, -0.15) is 0 Å². The average Bonchev–Trinajstić information content (AvgIpc) is 2.82. The topological polar surface area (TPSA) is 64.3 Å². The molecule has 2 aliphatic rings. The van der Waals surface area contributed by atoms with Crippen LogP contribution in [0.25, 0.3) is 0 Å². The highest BCUT2D eigenvalue weighted by molar-refractivity contribution is 5.80. The van der Waals surface area contributed by atoms with E-state index in [4.69, 9.17) is 10.5 Å². The zero-order valence-corrected chi connectivity index (χ0v) is 12.8. The van der Waals surface area contributed by atoms with Crippen LogP contribution in [0.5, 0.6) is 0 Å². The van der Waals surface area contributed by atoms with Gasteiger partial charge in [0.2, 0.25) is 5.91 Å². The molecule has 0 aromatic carbocycles. The van der Waals surface area contributed by atoms with Gasteiger partial charge in [0.15, 0.2) is 0 Å². The van der Waals surface area contributed by atoms with Crippen LogP contribution in [-0.4, -0.2) is 30.7 Å². The Morgan fingerprint density at radius 3 is 2.42 bits per heavy atom. The molecule has 19 heavy (non-hydrogen) atoms. The molecule has 0 spiro atoms. The fourth-order valence-corrected chi connectivity index (χ4v) is 4.15. The van der Waals surface area contributed by atoms with E-state index in [2.05, 4.69) is 39.9 Å². The van der Waals surface area contributed by atoms with E-state index in [0.29, 0.717) is 6.61 Å². The molecule has 3 N–H and O–H groups in total. The molecule has 1 saturated carbocycles. The van der Waals surface area contributed by atoms with Crippen molar-refractivity contribution in [2.75, 3.05) is 6.61 Å². The van der Waals surface area contributed by atoms with E-state index in [1.165, 1.54) is 0 Å². The number of amides is 1. The molecular weight excluding hydrogens is 240 g/mol. The van der Waals surface area contributed by atoms with Crippen molar-refractivity contribution in [3.05, 3.63) is 0 Å². The molecule has 0 bridgehead atoms. The molecule has 2 rings (SSSR count). The minimum absolute atomic E-state index is 0.00780. The zero-order valence-electron chi connectivity index (χ0n) is 12.8. The predicted molar refractivity (Wildman–Crippen MR) is 75.6 cm³/mol. The van der Waals surface area contributed by atoms with E-state index in [1.54, 1.807) is 0 Å². The minimum Gasteiger partial charge on any atom is -0.377 e. The molecule has 110 valence electrons. The summed E-state index contributed by atoms with van der Waals surface area (Å²) < 4.78 is 5.61. The van der Waals surface area contributed by atoms with Gasteiger partial charge in [-0.25, -0.2) is 0 Å². The van der Waals surface area contributed by atoms with Crippen molar-refractivity contribution >= 4 is 5.91 Å². The molecule has 1 heterocycles. The van der Waals surface area contributed by atoms with E-state index in [-0.39, 0.29) is 40.8 Å². The van der Waals surface area contributed by atoms with Crippen molar-refractivity contribution in [3.63, 3.8) is 0 Å². The van der Waals surface area contributed by atoms with Gasteiger partial charge in [-0.3, -0.25) is 4.79 Å². The van der Waals surface area contributed by atoms with Crippen LogP contribution in [-0.2, 0) is 9.53 Å². The number of carbonyl (C=O) groups excluding carboxylic acids is 1. The van der Waals surface area contributed by atoms with E-state index in [0.717, 1.165) is 12.8 Å². The SMILES string of the molecule is CCC1OCCC1C(=O)NC1C(C)(C)C(N)C1(C)C. The number of hydrogen-bond acceptors (Lipinski definition) is 3. The number of hydrogen-bond donors (Lipinski definition) is 2. The van der Waals surface area contributed by atoms with Crippen molar-refractivity contribution < 1.29 is 9.53 Å². The Labute approximate surface area is 116 Å². The maximum absolute atomic E-state index is 12.5.